The highest BCUT2D eigenvalue weighted by molar-refractivity contribution is 7.99. The lowest BCUT2D eigenvalue weighted by Crippen LogP contribution is -2.30. The fourth-order valence-electron chi connectivity index (χ4n) is 0.875. The number of hydrogen-bond acceptors (Lipinski definition) is 4. The van der Waals surface area contributed by atoms with Gasteiger partial charge < -0.3 is 5.32 Å². The average molecular weight is 197 g/mol. The molecule has 2 unspecified atom stereocenters. The molecular formula is C9H15N3S. The molecule has 0 spiro atoms. The van der Waals surface area contributed by atoms with Crippen LogP contribution < -0.4 is 5.32 Å². The van der Waals surface area contributed by atoms with Crippen LogP contribution in [0.2, 0.25) is 0 Å². The summed E-state index contributed by atoms with van der Waals surface area (Å²) in [6, 6.07) is 2.42. The fraction of sp³-hybridized carbons (Fsp3) is 0.556. The average Bonchev–Trinajstić information content (AvgIpc) is 2.18. The minimum Gasteiger partial charge on any atom is -0.316 e. The first kappa shape index (κ1) is 10.5. The van der Waals surface area contributed by atoms with Crippen LogP contribution in [0.1, 0.15) is 13.8 Å². The third-order valence-electron chi connectivity index (χ3n) is 2.02. The standard InChI is InChI=1S/C9H15N3S/c1-7(10-3)8(2)13-9-4-5-11-6-12-9/h4-8,10H,1-3H3. The van der Waals surface area contributed by atoms with Crippen LogP contribution in [-0.2, 0) is 0 Å². The van der Waals surface area contributed by atoms with Gasteiger partial charge in [0.1, 0.15) is 6.33 Å². The SMILES string of the molecule is CNC(C)C(C)Sc1ccncn1. The van der Waals surface area contributed by atoms with Crippen molar-refractivity contribution in [1.29, 1.82) is 0 Å². The number of hydrogen-bond donors (Lipinski definition) is 1. The molecule has 1 rings (SSSR count). The van der Waals surface area contributed by atoms with Crippen molar-refractivity contribution in [3.05, 3.63) is 18.6 Å². The molecule has 0 radical (unpaired) electrons. The van der Waals surface area contributed by atoms with Crippen LogP contribution in [0.15, 0.2) is 23.6 Å². The maximum absolute atomic E-state index is 4.16. The topological polar surface area (TPSA) is 37.8 Å². The van der Waals surface area contributed by atoms with Gasteiger partial charge in [-0.25, -0.2) is 9.97 Å². The van der Waals surface area contributed by atoms with E-state index >= 15 is 0 Å². The summed E-state index contributed by atoms with van der Waals surface area (Å²) in [6.45, 7) is 4.35. The Morgan fingerprint density at radius 2 is 2.23 bits per heavy atom. The molecule has 0 amide bonds. The van der Waals surface area contributed by atoms with Crippen LogP contribution in [0.5, 0.6) is 0 Å². The highest BCUT2D eigenvalue weighted by Gasteiger charge is 2.11. The number of rotatable bonds is 4. The Labute approximate surface area is 83.4 Å². The van der Waals surface area contributed by atoms with E-state index in [4.69, 9.17) is 0 Å². The molecule has 2 atom stereocenters. The van der Waals surface area contributed by atoms with Crippen LogP contribution >= 0.6 is 11.8 Å². The normalized spacial score (nSPS) is 15.3. The molecule has 0 aliphatic carbocycles. The summed E-state index contributed by atoms with van der Waals surface area (Å²) in [6.07, 6.45) is 3.35. The molecule has 1 heterocycles. The van der Waals surface area contributed by atoms with E-state index in [9.17, 15) is 0 Å². The van der Waals surface area contributed by atoms with Crippen molar-refractivity contribution in [3.63, 3.8) is 0 Å². The van der Waals surface area contributed by atoms with Gasteiger partial charge in [0.2, 0.25) is 0 Å². The van der Waals surface area contributed by atoms with Gasteiger partial charge in [0.05, 0.1) is 5.03 Å². The first-order valence-electron chi connectivity index (χ1n) is 4.34. The van der Waals surface area contributed by atoms with E-state index in [0.29, 0.717) is 11.3 Å². The zero-order valence-electron chi connectivity index (χ0n) is 8.19. The summed E-state index contributed by atoms with van der Waals surface area (Å²) >= 11 is 1.76. The third kappa shape index (κ3) is 3.32. The Balaban J connectivity index is 2.50. The largest absolute Gasteiger partial charge is 0.316 e. The second-order valence-electron chi connectivity index (χ2n) is 2.95. The lowest BCUT2D eigenvalue weighted by molar-refractivity contribution is 0.605. The van der Waals surface area contributed by atoms with E-state index in [0.717, 1.165) is 5.03 Å². The van der Waals surface area contributed by atoms with Gasteiger partial charge in [0.25, 0.3) is 0 Å². The molecule has 3 nitrogen and oxygen atoms in total. The van der Waals surface area contributed by atoms with E-state index in [1.54, 1.807) is 24.3 Å². The van der Waals surface area contributed by atoms with Crippen LogP contribution in [-0.4, -0.2) is 28.3 Å². The first-order chi connectivity index (χ1) is 6.24. The summed E-state index contributed by atoms with van der Waals surface area (Å²) in [5, 5.41) is 4.77. The molecule has 0 bridgehead atoms. The quantitative estimate of drug-likeness (QED) is 0.587. The molecule has 13 heavy (non-hydrogen) atoms. The van der Waals surface area contributed by atoms with Crippen molar-refractivity contribution in [1.82, 2.24) is 15.3 Å². The summed E-state index contributed by atoms with van der Waals surface area (Å²) in [5.74, 6) is 0. The number of aromatic nitrogens is 2. The summed E-state index contributed by atoms with van der Waals surface area (Å²) in [5.41, 5.74) is 0. The zero-order chi connectivity index (χ0) is 9.68. The summed E-state index contributed by atoms with van der Waals surface area (Å²) in [7, 11) is 1.97. The van der Waals surface area contributed by atoms with Crippen molar-refractivity contribution in [2.75, 3.05) is 7.05 Å². The monoisotopic (exact) mass is 197 g/mol. The van der Waals surface area contributed by atoms with Crippen LogP contribution in [0.3, 0.4) is 0 Å². The lowest BCUT2D eigenvalue weighted by Gasteiger charge is -2.17. The number of nitrogens with one attached hydrogen (secondary N) is 1. The zero-order valence-corrected chi connectivity index (χ0v) is 9.01. The van der Waals surface area contributed by atoms with Crippen LogP contribution in [0.4, 0.5) is 0 Å². The van der Waals surface area contributed by atoms with Gasteiger partial charge in [-0.15, -0.1) is 11.8 Å². The van der Waals surface area contributed by atoms with Crippen LogP contribution in [0.25, 0.3) is 0 Å². The van der Waals surface area contributed by atoms with Gasteiger partial charge in [0, 0.05) is 17.5 Å². The highest BCUT2D eigenvalue weighted by atomic mass is 32.2. The van der Waals surface area contributed by atoms with Crippen molar-refractivity contribution in [2.24, 2.45) is 0 Å². The predicted molar refractivity (Wildman–Crippen MR) is 55.9 cm³/mol. The molecule has 0 aromatic carbocycles. The van der Waals surface area contributed by atoms with E-state index in [1.165, 1.54) is 0 Å². The van der Waals surface area contributed by atoms with Gasteiger partial charge in [-0.2, -0.15) is 0 Å². The lowest BCUT2D eigenvalue weighted by atomic mass is 10.3. The molecule has 0 saturated carbocycles. The maximum Gasteiger partial charge on any atom is 0.116 e. The Morgan fingerprint density at radius 3 is 2.77 bits per heavy atom. The second kappa shape index (κ2) is 5.19. The minimum atomic E-state index is 0.486. The highest BCUT2D eigenvalue weighted by Crippen LogP contribution is 2.21. The van der Waals surface area contributed by atoms with Gasteiger partial charge in [-0.05, 0) is 20.0 Å². The first-order valence-corrected chi connectivity index (χ1v) is 5.22. The molecule has 1 N–H and O–H groups in total. The van der Waals surface area contributed by atoms with Crippen LogP contribution in [0, 0.1) is 0 Å². The molecule has 1 aromatic heterocycles. The fourth-order valence-corrected chi connectivity index (χ4v) is 1.84. The Kier molecular flexibility index (Phi) is 4.18. The Hall–Kier alpha value is -0.610. The van der Waals surface area contributed by atoms with Crippen molar-refractivity contribution < 1.29 is 0 Å². The molecule has 4 heteroatoms. The van der Waals surface area contributed by atoms with Gasteiger partial charge in [-0.3, -0.25) is 0 Å². The summed E-state index contributed by atoms with van der Waals surface area (Å²) in [4.78, 5) is 8.04. The summed E-state index contributed by atoms with van der Waals surface area (Å²) < 4.78 is 0. The Bertz CT molecular complexity index is 240. The van der Waals surface area contributed by atoms with E-state index in [-0.39, 0.29) is 0 Å². The molecular weight excluding hydrogens is 182 g/mol. The predicted octanol–water partition coefficient (Wildman–Crippen LogP) is 1.57. The molecule has 1 aromatic rings. The maximum atomic E-state index is 4.16. The molecule has 72 valence electrons. The van der Waals surface area contributed by atoms with Gasteiger partial charge >= 0.3 is 0 Å². The molecule has 0 saturated heterocycles. The van der Waals surface area contributed by atoms with Gasteiger partial charge in [-0.1, -0.05) is 6.92 Å². The van der Waals surface area contributed by atoms with Crippen molar-refractivity contribution in [3.8, 4) is 0 Å². The minimum absolute atomic E-state index is 0.486. The molecule has 0 aliphatic heterocycles. The van der Waals surface area contributed by atoms with E-state index in [1.807, 2.05) is 13.1 Å². The van der Waals surface area contributed by atoms with Gasteiger partial charge in [0.15, 0.2) is 0 Å². The third-order valence-corrected chi connectivity index (χ3v) is 3.28. The number of nitrogens with zero attached hydrogens (tertiary/aromatic N) is 2. The van der Waals surface area contributed by atoms with E-state index < -0.39 is 0 Å². The van der Waals surface area contributed by atoms with E-state index in [2.05, 4.69) is 29.1 Å². The molecule has 0 fully saturated rings. The Morgan fingerprint density at radius 1 is 1.46 bits per heavy atom. The second-order valence-corrected chi connectivity index (χ2v) is 4.35. The molecule has 0 aliphatic rings. The number of thioether (sulfide) groups is 1. The van der Waals surface area contributed by atoms with Crippen molar-refractivity contribution in [2.45, 2.75) is 30.2 Å². The smallest absolute Gasteiger partial charge is 0.116 e. The van der Waals surface area contributed by atoms with Crippen molar-refractivity contribution >= 4 is 11.8 Å².